The Morgan fingerprint density at radius 3 is 2.53 bits per heavy atom. The number of halogens is 1. The van der Waals surface area contributed by atoms with Crippen molar-refractivity contribution in [3.05, 3.63) is 46.1 Å². The second-order valence-corrected chi connectivity index (χ2v) is 11.1. The molecule has 1 N–H and O–H groups in total. The van der Waals surface area contributed by atoms with E-state index in [9.17, 15) is 27.2 Å². The largest absolute Gasteiger partial charge is 0.465 e. The van der Waals surface area contributed by atoms with Crippen molar-refractivity contribution in [1.29, 1.82) is 0 Å². The highest BCUT2D eigenvalue weighted by Crippen LogP contribution is 2.38. The summed E-state index contributed by atoms with van der Waals surface area (Å²) in [6, 6.07) is 3.47. The number of amides is 2. The minimum absolute atomic E-state index is 0.0862. The fraction of sp³-hybridized carbons (Fsp3) is 0.409. The number of benzene rings is 1. The van der Waals surface area contributed by atoms with E-state index in [1.807, 2.05) is 0 Å². The molecule has 4 rings (SSSR count). The molecule has 2 aliphatic rings. The highest BCUT2D eigenvalue weighted by atomic mass is 32.2. The van der Waals surface area contributed by atoms with Gasteiger partial charge in [-0.1, -0.05) is 0 Å². The third-order valence-electron chi connectivity index (χ3n) is 6.06. The number of fused-ring (bicyclic) bond motifs is 1. The number of nitrogens with one attached hydrogen (secondary N) is 1. The number of nitrogens with zero attached hydrogens (tertiary/aromatic N) is 2. The van der Waals surface area contributed by atoms with Gasteiger partial charge in [-0.25, -0.2) is 17.6 Å². The van der Waals surface area contributed by atoms with Gasteiger partial charge in [0.15, 0.2) is 0 Å². The van der Waals surface area contributed by atoms with E-state index < -0.39 is 33.8 Å². The molecule has 1 atom stereocenters. The number of thiophene rings is 1. The number of rotatable bonds is 5. The van der Waals surface area contributed by atoms with Crippen LogP contribution in [0.1, 0.15) is 40.6 Å². The summed E-state index contributed by atoms with van der Waals surface area (Å²) in [5.41, 5.74) is 0.969. The fourth-order valence-electron chi connectivity index (χ4n) is 4.31. The predicted molar refractivity (Wildman–Crippen MR) is 122 cm³/mol. The molecule has 9 nitrogen and oxygen atoms in total. The number of esters is 1. The van der Waals surface area contributed by atoms with Gasteiger partial charge in [-0.05, 0) is 49.1 Å². The molecule has 2 aliphatic heterocycles. The van der Waals surface area contributed by atoms with Crippen LogP contribution in [-0.4, -0.2) is 61.6 Å². The summed E-state index contributed by atoms with van der Waals surface area (Å²) in [6.07, 6.45) is 1.24. The summed E-state index contributed by atoms with van der Waals surface area (Å²) in [7, 11) is -2.77. The normalized spacial score (nSPS) is 18.4. The van der Waals surface area contributed by atoms with Gasteiger partial charge in [0.25, 0.3) is 0 Å². The summed E-state index contributed by atoms with van der Waals surface area (Å²) >= 11 is 1.18. The average molecular weight is 510 g/mol. The first-order chi connectivity index (χ1) is 16.1. The van der Waals surface area contributed by atoms with Crippen molar-refractivity contribution in [2.75, 3.05) is 25.5 Å². The van der Waals surface area contributed by atoms with Gasteiger partial charge < -0.3 is 15.0 Å². The van der Waals surface area contributed by atoms with Gasteiger partial charge in [0.05, 0.1) is 24.1 Å². The van der Waals surface area contributed by atoms with Crippen LogP contribution in [-0.2, 0) is 37.3 Å². The maximum Gasteiger partial charge on any atom is 0.341 e. The molecule has 12 heteroatoms. The second kappa shape index (κ2) is 9.43. The molecule has 1 aromatic carbocycles. The summed E-state index contributed by atoms with van der Waals surface area (Å²) in [4.78, 5) is 39.9. The smallest absolute Gasteiger partial charge is 0.341 e. The van der Waals surface area contributed by atoms with Crippen LogP contribution < -0.4 is 5.32 Å². The number of hydrogen-bond acceptors (Lipinski definition) is 7. The number of anilines is 1. The molecule has 1 aromatic heterocycles. The number of hydrogen-bond donors (Lipinski definition) is 1. The van der Waals surface area contributed by atoms with Gasteiger partial charge in [-0.3, -0.25) is 9.59 Å². The molecule has 1 saturated heterocycles. The SMILES string of the molecule is COC(=O)c1c(NC(=O)C2CCCN2S(=O)(=O)c2ccc(F)cc2)sc2c1CCN(C(C)=O)C2. The van der Waals surface area contributed by atoms with Crippen LogP contribution in [0, 0.1) is 5.82 Å². The summed E-state index contributed by atoms with van der Waals surface area (Å²) in [5, 5.41) is 3.02. The molecule has 3 heterocycles. The van der Waals surface area contributed by atoms with Crippen molar-refractivity contribution in [3.8, 4) is 0 Å². The lowest BCUT2D eigenvalue weighted by molar-refractivity contribution is -0.129. The summed E-state index contributed by atoms with van der Waals surface area (Å²) < 4.78 is 45.5. The third-order valence-corrected chi connectivity index (χ3v) is 9.11. The van der Waals surface area contributed by atoms with Crippen molar-refractivity contribution < 1.29 is 31.9 Å². The van der Waals surface area contributed by atoms with Gasteiger partial charge in [0.1, 0.15) is 16.9 Å². The van der Waals surface area contributed by atoms with Gasteiger partial charge >= 0.3 is 5.97 Å². The molecular weight excluding hydrogens is 485 g/mol. The Kier molecular flexibility index (Phi) is 6.74. The zero-order valence-electron chi connectivity index (χ0n) is 18.7. The van der Waals surface area contributed by atoms with E-state index in [0.717, 1.165) is 26.9 Å². The number of carbonyl (C=O) groups is 3. The fourth-order valence-corrected chi connectivity index (χ4v) is 7.22. The van der Waals surface area contributed by atoms with Crippen molar-refractivity contribution in [1.82, 2.24) is 9.21 Å². The Hall–Kier alpha value is -2.83. The zero-order valence-corrected chi connectivity index (χ0v) is 20.3. The van der Waals surface area contributed by atoms with E-state index in [-0.39, 0.29) is 27.9 Å². The topological polar surface area (TPSA) is 113 Å². The van der Waals surface area contributed by atoms with E-state index in [0.29, 0.717) is 32.4 Å². The molecule has 34 heavy (non-hydrogen) atoms. The molecule has 0 saturated carbocycles. The minimum atomic E-state index is -4.02. The first-order valence-corrected chi connectivity index (χ1v) is 13.0. The minimum Gasteiger partial charge on any atom is -0.465 e. The van der Waals surface area contributed by atoms with E-state index in [1.165, 1.54) is 37.5 Å². The lowest BCUT2D eigenvalue weighted by Gasteiger charge is -2.25. The highest BCUT2D eigenvalue weighted by Gasteiger charge is 2.40. The molecule has 0 aliphatic carbocycles. The van der Waals surface area contributed by atoms with Gasteiger partial charge in [-0.2, -0.15) is 4.31 Å². The number of methoxy groups -OCH3 is 1. The zero-order chi connectivity index (χ0) is 24.6. The molecule has 1 fully saturated rings. The van der Waals surface area contributed by atoms with Crippen molar-refractivity contribution >= 4 is 44.1 Å². The Morgan fingerprint density at radius 1 is 1.18 bits per heavy atom. The maximum atomic E-state index is 13.3. The molecular formula is C22H24FN3O6S2. The van der Waals surface area contributed by atoms with Crippen LogP contribution in [0.25, 0.3) is 0 Å². The Labute approximate surface area is 200 Å². The molecule has 0 spiro atoms. The molecule has 0 bridgehead atoms. The summed E-state index contributed by atoms with van der Waals surface area (Å²) in [6.45, 7) is 2.39. The molecule has 1 unspecified atom stereocenters. The van der Waals surface area contributed by atoms with E-state index in [1.54, 1.807) is 4.90 Å². The number of sulfonamides is 1. The van der Waals surface area contributed by atoms with E-state index in [4.69, 9.17) is 4.74 Å². The van der Waals surface area contributed by atoms with Crippen LogP contribution in [0.2, 0.25) is 0 Å². The predicted octanol–water partition coefficient (Wildman–Crippen LogP) is 2.37. The van der Waals surface area contributed by atoms with Crippen molar-refractivity contribution in [3.63, 3.8) is 0 Å². The van der Waals surface area contributed by atoms with Crippen LogP contribution in [0.3, 0.4) is 0 Å². The van der Waals surface area contributed by atoms with E-state index >= 15 is 0 Å². The Balaban J connectivity index is 1.61. The first-order valence-electron chi connectivity index (χ1n) is 10.7. The Bertz CT molecular complexity index is 1240. The van der Waals surface area contributed by atoms with Gasteiger partial charge in [0, 0.05) is 24.9 Å². The third kappa shape index (κ3) is 4.44. The number of ether oxygens (including phenoxy) is 1. The standard InChI is InChI=1S/C22H24FN3O6S2/c1-13(27)25-11-9-16-18(12-25)33-21(19(16)22(29)32-2)24-20(28)17-4-3-10-26(17)34(30,31)15-7-5-14(23)6-8-15/h5-8,17H,3-4,9-12H2,1-2H3,(H,24,28). The highest BCUT2D eigenvalue weighted by molar-refractivity contribution is 7.89. The quantitative estimate of drug-likeness (QED) is 0.620. The maximum absolute atomic E-state index is 13.3. The second-order valence-electron chi connectivity index (χ2n) is 8.11. The van der Waals surface area contributed by atoms with Crippen LogP contribution in [0.4, 0.5) is 9.39 Å². The van der Waals surface area contributed by atoms with Crippen LogP contribution in [0.5, 0.6) is 0 Å². The Morgan fingerprint density at radius 2 is 1.88 bits per heavy atom. The monoisotopic (exact) mass is 509 g/mol. The summed E-state index contributed by atoms with van der Waals surface area (Å²) in [5.74, 6) is -1.81. The van der Waals surface area contributed by atoms with Gasteiger partial charge in [-0.15, -0.1) is 11.3 Å². The first kappa shape index (κ1) is 24.3. The average Bonchev–Trinajstić information content (AvgIpc) is 3.43. The number of carbonyl (C=O) groups excluding carboxylic acids is 3. The lowest BCUT2D eigenvalue weighted by Crippen LogP contribution is -2.43. The molecule has 182 valence electrons. The van der Waals surface area contributed by atoms with Crippen LogP contribution in [0.15, 0.2) is 29.2 Å². The van der Waals surface area contributed by atoms with E-state index in [2.05, 4.69) is 5.32 Å². The molecule has 2 amide bonds. The molecule has 0 radical (unpaired) electrons. The van der Waals surface area contributed by atoms with Crippen molar-refractivity contribution in [2.24, 2.45) is 0 Å². The van der Waals surface area contributed by atoms with Crippen LogP contribution >= 0.6 is 11.3 Å². The van der Waals surface area contributed by atoms with Gasteiger partial charge in [0.2, 0.25) is 21.8 Å². The molecule has 2 aromatic rings. The lowest BCUT2D eigenvalue weighted by atomic mass is 10.0. The van der Waals surface area contributed by atoms with Crippen molar-refractivity contribution in [2.45, 2.75) is 43.7 Å².